The molecule has 0 saturated heterocycles. The van der Waals surface area contributed by atoms with Crippen LogP contribution in [0.1, 0.15) is 49.5 Å². The van der Waals surface area contributed by atoms with E-state index in [2.05, 4.69) is 31.4 Å². The molecule has 0 saturated carbocycles. The maximum atomic E-state index is 12.3. The molecule has 2 aromatic rings. The molecule has 0 radical (unpaired) electrons. The molecule has 3 amide bonds. The standard InChI is InChI=1S/C23H29N3O4/c1-23(2,3)17-10-8-16(9-11-17)22(29)25-14-12-21(28)26-18-6-4-5-7-19(18)30-15-13-20(24)27/h4-11H,12-15H2,1-3H3,(H2,24,27)(H,25,29)(H,26,28). The number of para-hydroxylation sites is 2. The predicted octanol–water partition coefficient (Wildman–Crippen LogP) is 3.00. The number of hydrogen-bond donors (Lipinski definition) is 3. The molecule has 0 heterocycles. The minimum atomic E-state index is -0.458. The Morgan fingerprint density at radius 1 is 0.967 bits per heavy atom. The summed E-state index contributed by atoms with van der Waals surface area (Å²) in [4.78, 5) is 35.3. The second-order valence-corrected chi connectivity index (χ2v) is 7.94. The van der Waals surface area contributed by atoms with E-state index < -0.39 is 5.91 Å². The van der Waals surface area contributed by atoms with Gasteiger partial charge in [0.25, 0.3) is 5.91 Å². The van der Waals surface area contributed by atoms with E-state index >= 15 is 0 Å². The van der Waals surface area contributed by atoms with Gasteiger partial charge in [-0.15, -0.1) is 0 Å². The van der Waals surface area contributed by atoms with Crippen LogP contribution >= 0.6 is 0 Å². The first-order chi connectivity index (χ1) is 14.2. The van der Waals surface area contributed by atoms with E-state index in [0.29, 0.717) is 17.0 Å². The van der Waals surface area contributed by atoms with Gasteiger partial charge in [0.2, 0.25) is 11.8 Å². The molecule has 0 aliphatic carbocycles. The summed E-state index contributed by atoms with van der Waals surface area (Å²) in [6.45, 7) is 6.67. The van der Waals surface area contributed by atoms with Crippen LogP contribution < -0.4 is 21.1 Å². The highest BCUT2D eigenvalue weighted by Gasteiger charge is 2.14. The van der Waals surface area contributed by atoms with Crippen molar-refractivity contribution in [3.8, 4) is 5.75 Å². The third-order valence-corrected chi connectivity index (χ3v) is 4.42. The molecule has 7 nitrogen and oxygen atoms in total. The molecular formula is C23H29N3O4. The molecule has 160 valence electrons. The van der Waals surface area contributed by atoms with Gasteiger partial charge in [0.1, 0.15) is 5.75 Å². The number of hydrogen-bond acceptors (Lipinski definition) is 4. The largest absolute Gasteiger partial charge is 0.491 e. The van der Waals surface area contributed by atoms with Crippen molar-refractivity contribution in [3.63, 3.8) is 0 Å². The molecule has 0 unspecified atom stereocenters. The normalized spacial score (nSPS) is 10.9. The Hall–Kier alpha value is -3.35. The van der Waals surface area contributed by atoms with Gasteiger partial charge in [-0.3, -0.25) is 14.4 Å². The van der Waals surface area contributed by atoms with Crippen LogP contribution in [0.3, 0.4) is 0 Å². The van der Waals surface area contributed by atoms with Crippen molar-refractivity contribution >= 4 is 23.4 Å². The van der Waals surface area contributed by atoms with Crippen LogP contribution in [0, 0.1) is 0 Å². The number of nitrogens with one attached hydrogen (secondary N) is 2. The number of nitrogens with two attached hydrogens (primary N) is 1. The molecule has 0 aromatic heterocycles. The third-order valence-electron chi connectivity index (χ3n) is 4.42. The van der Waals surface area contributed by atoms with Crippen LogP contribution in [0.25, 0.3) is 0 Å². The van der Waals surface area contributed by atoms with E-state index in [4.69, 9.17) is 10.5 Å². The summed E-state index contributed by atoms with van der Waals surface area (Å²) in [5.41, 5.74) is 7.32. The molecule has 0 atom stereocenters. The zero-order valence-corrected chi connectivity index (χ0v) is 17.7. The van der Waals surface area contributed by atoms with E-state index in [1.807, 2.05) is 12.1 Å². The van der Waals surface area contributed by atoms with Gasteiger partial charge in [-0.25, -0.2) is 0 Å². The van der Waals surface area contributed by atoms with Crippen molar-refractivity contribution in [3.05, 3.63) is 59.7 Å². The van der Waals surface area contributed by atoms with Crippen LogP contribution in [0.2, 0.25) is 0 Å². The quantitative estimate of drug-likeness (QED) is 0.589. The lowest BCUT2D eigenvalue weighted by atomic mass is 9.87. The van der Waals surface area contributed by atoms with Gasteiger partial charge in [0, 0.05) is 18.5 Å². The highest BCUT2D eigenvalue weighted by Crippen LogP contribution is 2.24. The molecule has 0 fully saturated rings. The smallest absolute Gasteiger partial charge is 0.251 e. The van der Waals surface area contributed by atoms with E-state index in [9.17, 15) is 14.4 Å². The summed E-state index contributed by atoms with van der Waals surface area (Å²) in [6, 6.07) is 14.4. The predicted molar refractivity (Wildman–Crippen MR) is 116 cm³/mol. The summed E-state index contributed by atoms with van der Waals surface area (Å²) in [6.07, 6.45) is 0.201. The number of amides is 3. The van der Waals surface area contributed by atoms with Crippen molar-refractivity contribution in [2.45, 2.75) is 39.0 Å². The van der Waals surface area contributed by atoms with Crippen LogP contribution in [0.15, 0.2) is 48.5 Å². The summed E-state index contributed by atoms with van der Waals surface area (Å²) >= 11 is 0. The fourth-order valence-electron chi connectivity index (χ4n) is 2.68. The van der Waals surface area contributed by atoms with Gasteiger partial charge in [-0.05, 0) is 35.2 Å². The van der Waals surface area contributed by atoms with E-state index in [-0.39, 0.29) is 43.2 Å². The van der Waals surface area contributed by atoms with E-state index in [1.165, 1.54) is 0 Å². The second kappa shape index (κ2) is 10.4. The third kappa shape index (κ3) is 7.24. The van der Waals surface area contributed by atoms with Gasteiger partial charge in [0.05, 0.1) is 18.7 Å². The van der Waals surface area contributed by atoms with Crippen LogP contribution in [0.5, 0.6) is 5.75 Å². The van der Waals surface area contributed by atoms with Crippen LogP contribution in [-0.2, 0) is 15.0 Å². The molecular weight excluding hydrogens is 382 g/mol. The van der Waals surface area contributed by atoms with Gasteiger partial charge in [-0.1, -0.05) is 45.0 Å². The summed E-state index contributed by atoms with van der Waals surface area (Å²) in [7, 11) is 0. The number of ether oxygens (including phenoxy) is 1. The van der Waals surface area contributed by atoms with Gasteiger partial charge in [0.15, 0.2) is 0 Å². The minimum absolute atomic E-state index is 0.0208. The Bertz CT molecular complexity index is 886. The molecule has 0 bridgehead atoms. The molecule has 2 rings (SSSR count). The maximum absolute atomic E-state index is 12.3. The molecule has 0 aliphatic rings. The highest BCUT2D eigenvalue weighted by atomic mass is 16.5. The average Bonchev–Trinajstić information content (AvgIpc) is 2.68. The first-order valence-electron chi connectivity index (χ1n) is 9.85. The monoisotopic (exact) mass is 411 g/mol. The van der Waals surface area contributed by atoms with Gasteiger partial charge in [-0.2, -0.15) is 0 Å². The summed E-state index contributed by atoms with van der Waals surface area (Å²) in [5, 5.41) is 5.51. The fourth-order valence-corrected chi connectivity index (χ4v) is 2.68. The zero-order valence-electron chi connectivity index (χ0n) is 17.7. The van der Waals surface area contributed by atoms with Crippen LogP contribution in [0.4, 0.5) is 5.69 Å². The molecule has 4 N–H and O–H groups in total. The Kier molecular flexibility index (Phi) is 7.98. The topological polar surface area (TPSA) is 111 Å². The minimum Gasteiger partial charge on any atom is -0.491 e. The lowest BCUT2D eigenvalue weighted by molar-refractivity contribution is -0.118. The van der Waals surface area contributed by atoms with Crippen LogP contribution in [-0.4, -0.2) is 30.9 Å². The highest BCUT2D eigenvalue weighted by molar-refractivity contribution is 5.95. The molecule has 0 aliphatic heterocycles. The molecule has 7 heteroatoms. The molecule has 2 aromatic carbocycles. The van der Waals surface area contributed by atoms with Crippen molar-refractivity contribution in [2.75, 3.05) is 18.5 Å². The number of carbonyl (C=O) groups excluding carboxylic acids is 3. The Balaban J connectivity index is 1.82. The fraction of sp³-hybridized carbons (Fsp3) is 0.348. The number of anilines is 1. The summed E-state index contributed by atoms with van der Waals surface area (Å²) in [5.74, 6) is -0.488. The zero-order chi connectivity index (χ0) is 22.1. The van der Waals surface area contributed by atoms with Crippen molar-refractivity contribution in [1.82, 2.24) is 5.32 Å². The molecule has 0 spiro atoms. The number of carbonyl (C=O) groups is 3. The van der Waals surface area contributed by atoms with E-state index in [1.54, 1.807) is 36.4 Å². The van der Waals surface area contributed by atoms with Crippen molar-refractivity contribution < 1.29 is 19.1 Å². The molecule has 30 heavy (non-hydrogen) atoms. The second-order valence-electron chi connectivity index (χ2n) is 7.94. The number of primary amides is 1. The average molecular weight is 412 g/mol. The van der Waals surface area contributed by atoms with E-state index in [0.717, 1.165) is 5.56 Å². The SMILES string of the molecule is CC(C)(C)c1ccc(C(=O)NCCC(=O)Nc2ccccc2OCCC(N)=O)cc1. The Morgan fingerprint density at radius 3 is 2.27 bits per heavy atom. The lowest BCUT2D eigenvalue weighted by Gasteiger charge is -2.19. The number of benzene rings is 2. The first-order valence-corrected chi connectivity index (χ1v) is 9.85. The van der Waals surface area contributed by atoms with Crippen molar-refractivity contribution in [1.29, 1.82) is 0 Å². The Labute approximate surface area is 177 Å². The van der Waals surface area contributed by atoms with Gasteiger partial charge >= 0.3 is 0 Å². The van der Waals surface area contributed by atoms with Crippen molar-refractivity contribution in [2.24, 2.45) is 5.73 Å². The number of rotatable bonds is 9. The van der Waals surface area contributed by atoms with Gasteiger partial charge < -0.3 is 21.1 Å². The lowest BCUT2D eigenvalue weighted by Crippen LogP contribution is -2.27. The first kappa shape index (κ1) is 22.9. The summed E-state index contributed by atoms with van der Waals surface area (Å²) < 4.78 is 5.50. The Morgan fingerprint density at radius 2 is 1.63 bits per heavy atom. The maximum Gasteiger partial charge on any atom is 0.251 e.